The highest BCUT2D eigenvalue weighted by molar-refractivity contribution is 7.90. The fraction of sp³-hybridized carbons (Fsp3) is 0.231. The maximum absolute atomic E-state index is 12.3. The van der Waals surface area contributed by atoms with Crippen molar-refractivity contribution in [1.82, 2.24) is 0 Å². The van der Waals surface area contributed by atoms with E-state index in [1.807, 2.05) is 0 Å². The summed E-state index contributed by atoms with van der Waals surface area (Å²) in [6.45, 7) is 1.48. The average Bonchev–Trinajstić information content (AvgIpc) is 2.49. The molecule has 0 unspecified atom stereocenters. The van der Waals surface area contributed by atoms with E-state index in [2.05, 4.69) is 4.40 Å². The van der Waals surface area contributed by atoms with Crippen LogP contribution in [-0.4, -0.2) is 35.6 Å². The number of non-ortho nitro benzene ring substituents is 1. The number of hydrogen-bond acceptors (Lipinski definition) is 5. The van der Waals surface area contributed by atoms with Gasteiger partial charge in [-0.15, -0.1) is 23.2 Å². The molecule has 0 N–H and O–H groups in total. The smallest absolute Gasteiger partial charge is 0.282 e. The minimum absolute atomic E-state index is 0.0576. The van der Waals surface area contributed by atoms with Gasteiger partial charge in [0.05, 0.1) is 15.5 Å². The van der Waals surface area contributed by atoms with E-state index >= 15 is 0 Å². The number of nitro groups is 1. The zero-order chi connectivity index (χ0) is 17.4. The predicted octanol–water partition coefficient (Wildman–Crippen LogP) is 2.47. The molecule has 0 bridgehead atoms. The Bertz CT molecular complexity index is 848. The SMILES string of the molecule is CC1=CC(=O)[C@H](Cl)[C@@H](Cl)C1=NS(=O)(=O)c1cccc([N+](=O)[O-])c1. The van der Waals surface area contributed by atoms with Crippen molar-refractivity contribution in [3.8, 4) is 0 Å². The van der Waals surface area contributed by atoms with Crippen molar-refractivity contribution in [2.45, 2.75) is 22.6 Å². The van der Waals surface area contributed by atoms with Crippen LogP contribution in [0.2, 0.25) is 0 Å². The van der Waals surface area contributed by atoms with Gasteiger partial charge in [-0.3, -0.25) is 14.9 Å². The van der Waals surface area contributed by atoms with E-state index in [9.17, 15) is 23.3 Å². The van der Waals surface area contributed by atoms with Gasteiger partial charge in [-0.1, -0.05) is 6.07 Å². The number of ketones is 1. The molecule has 1 aromatic rings. The number of rotatable bonds is 3. The Morgan fingerprint density at radius 1 is 1.26 bits per heavy atom. The van der Waals surface area contributed by atoms with E-state index in [1.54, 1.807) is 0 Å². The van der Waals surface area contributed by atoms with Crippen LogP contribution >= 0.6 is 23.2 Å². The lowest BCUT2D eigenvalue weighted by Crippen LogP contribution is -2.36. The Kier molecular flexibility index (Phi) is 4.88. The third kappa shape index (κ3) is 3.60. The monoisotopic (exact) mass is 376 g/mol. The van der Waals surface area contributed by atoms with Crippen LogP contribution in [-0.2, 0) is 14.8 Å². The van der Waals surface area contributed by atoms with Crippen molar-refractivity contribution in [3.05, 3.63) is 46.0 Å². The number of carbonyl (C=O) groups excluding carboxylic acids is 1. The first-order valence-electron chi connectivity index (χ1n) is 6.23. The molecule has 0 saturated heterocycles. The number of nitro benzene ring substituents is 1. The van der Waals surface area contributed by atoms with Crippen molar-refractivity contribution >= 4 is 50.4 Å². The molecule has 2 atom stereocenters. The minimum atomic E-state index is -4.23. The van der Waals surface area contributed by atoms with Gasteiger partial charge in [0.1, 0.15) is 10.8 Å². The second-order valence-electron chi connectivity index (χ2n) is 4.74. The maximum Gasteiger partial charge on any atom is 0.282 e. The molecule has 1 aliphatic carbocycles. The van der Waals surface area contributed by atoms with Crippen molar-refractivity contribution in [2.75, 3.05) is 0 Å². The summed E-state index contributed by atoms with van der Waals surface area (Å²) < 4.78 is 28.3. The quantitative estimate of drug-likeness (QED) is 0.457. The number of allylic oxidation sites excluding steroid dienone is 2. The van der Waals surface area contributed by atoms with Crippen LogP contribution in [0, 0.1) is 10.1 Å². The Hall–Kier alpha value is -1.77. The Balaban J connectivity index is 2.52. The topological polar surface area (TPSA) is 107 Å². The molecule has 2 rings (SSSR count). The summed E-state index contributed by atoms with van der Waals surface area (Å²) in [5.41, 5.74) is -0.159. The molecule has 0 saturated carbocycles. The Labute approximate surface area is 141 Å². The summed E-state index contributed by atoms with van der Waals surface area (Å²) >= 11 is 11.8. The second kappa shape index (κ2) is 6.38. The standard InChI is InChI=1S/C13H10Cl2N2O5S/c1-7-5-10(18)11(14)12(15)13(7)16-23(21,22)9-4-2-3-8(6-9)17(19)20/h2-6,11-12H,1H3/t11-,12+/m0/s1. The van der Waals surface area contributed by atoms with Gasteiger partial charge >= 0.3 is 0 Å². The zero-order valence-corrected chi connectivity index (χ0v) is 14.0. The normalized spacial score (nSPS) is 23.7. The summed E-state index contributed by atoms with van der Waals surface area (Å²) in [4.78, 5) is 21.2. The summed E-state index contributed by atoms with van der Waals surface area (Å²) in [6, 6.07) is 4.48. The number of nitrogens with zero attached hydrogens (tertiary/aromatic N) is 2. The van der Waals surface area contributed by atoms with Gasteiger partial charge < -0.3 is 0 Å². The highest BCUT2D eigenvalue weighted by atomic mass is 35.5. The van der Waals surface area contributed by atoms with E-state index in [1.165, 1.54) is 25.1 Å². The van der Waals surface area contributed by atoms with Gasteiger partial charge in [-0.25, -0.2) is 0 Å². The Morgan fingerprint density at radius 2 is 1.91 bits per heavy atom. The number of hydrogen-bond donors (Lipinski definition) is 0. The highest BCUT2D eigenvalue weighted by Crippen LogP contribution is 2.26. The first-order valence-corrected chi connectivity index (χ1v) is 8.55. The third-order valence-electron chi connectivity index (χ3n) is 3.10. The molecule has 0 amide bonds. The number of carbonyl (C=O) groups is 1. The van der Waals surface area contributed by atoms with Crippen LogP contribution in [0.5, 0.6) is 0 Å². The van der Waals surface area contributed by atoms with Crippen molar-refractivity contribution in [1.29, 1.82) is 0 Å². The van der Waals surface area contributed by atoms with Crippen molar-refractivity contribution < 1.29 is 18.1 Å². The molecule has 1 aliphatic rings. The molecule has 1 aromatic carbocycles. The van der Waals surface area contributed by atoms with Gasteiger partial charge in [-0.05, 0) is 24.6 Å². The lowest BCUT2D eigenvalue weighted by Gasteiger charge is -2.21. The van der Waals surface area contributed by atoms with Crippen LogP contribution in [0.1, 0.15) is 6.92 Å². The first kappa shape index (κ1) is 17.6. The lowest BCUT2D eigenvalue weighted by molar-refractivity contribution is -0.385. The fourth-order valence-electron chi connectivity index (χ4n) is 1.93. The van der Waals surface area contributed by atoms with Crippen LogP contribution < -0.4 is 0 Å². The average molecular weight is 377 g/mol. The molecule has 0 spiro atoms. The van der Waals surface area contributed by atoms with Crippen LogP contribution in [0.15, 0.2) is 45.2 Å². The van der Waals surface area contributed by atoms with Gasteiger partial charge in [0.15, 0.2) is 5.78 Å². The van der Waals surface area contributed by atoms with Crippen LogP contribution in [0.4, 0.5) is 5.69 Å². The number of sulfonamides is 1. The molecule has 0 radical (unpaired) electrons. The largest absolute Gasteiger partial charge is 0.293 e. The van der Waals surface area contributed by atoms with E-state index in [-0.39, 0.29) is 21.9 Å². The molecule has 0 heterocycles. The summed E-state index contributed by atoms with van der Waals surface area (Å²) in [7, 11) is -4.23. The molecule has 0 aliphatic heterocycles. The van der Waals surface area contributed by atoms with E-state index in [0.29, 0.717) is 0 Å². The van der Waals surface area contributed by atoms with E-state index in [4.69, 9.17) is 23.2 Å². The van der Waals surface area contributed by atoms with Crippen molar-refractivity contribution in [2.24, 2.45) is 4.40 Å². The number of benzene rings is 1. The molecule has 7 nitrogen and oxygen atoms in total. The third-order valence-corrected chi connectivity index (χ3v) is 5.44. The minimum Gasteiger partial charge on any atom is -0.293 e. The molecule has 122 valence electrons. The summed E-state index contributed by atoms with van der Waals surface area (Å²) in [5.74, 6) is -0.434. The molecule has 0 aromatic heterocycles. The van der Waals surface area contributed by atoms with Gasteiger partial charge in [0, 0.05) is 12.1 Å². The number of alkyl halides is 2. The first-order chi connectivity index (χ1) is 10.6. The molecule has 0 fully saturated rings. The summed E-state index contributed by atoms with van der Waals surface area (Å²) in [6.07, 6.45) is 1.17. The summed E-state index contributed by atoms with van der Waals surface area (Å²) in [5, 5.41) is 8.51. The fourth-order valence-corrected chi connectivity index (χ4v) is 3.66. The molecular weight excluding hydrogens is 367 g/mol. The van der Waals surface area contributed by atoms with Crippen LogP contribution in [0.25, 0.3) is 0 Å². The van der Waals surface area contributed by atoms with Gasteiger partial charge in [-0.2, -0.15) is 12.8 Å². The van der Waals surface area contributed by atoms with Gasteiger partial charge in [0.25, 0.3) is 15.7 Å². The molecule has 10 heteroatoms. The van der Waals surface area contributed by atoms with Gasteiger partial charge in [0.2, 0.25) is 0 Å². The molecular formula is C13H10Cl2N2O5S. The van der Waals surface area contributed by atoms with E-state index < -0.39 is 31.5 Å². The van der Waals surface area contributed by atoms with E-state index in [0.717, 1.165) is 12.1 Å². The lowest BCUT2D eigenvalue weighted by atomic mass is 9.97. The zero-order valence-electron chi connectivity index (χ0n) is 11.6. The highest BCUT2D eigenvalue weighted by Gasteiger charge is 2.34. The van der Waals surface area contributed by atoms with Crippen LogP contribution in [0.3, 0.4) is 0 Å². The predicted molar refractivity (Wildman–Crippen MR) is 85.8 cm³/mol. The second-order valence-corrected chi connectivity index (χ2v) is 7.28. The maximum atomic E-state index is 12.3. The number of halogens is 2. The Morgan fingerprint density at radius 3 is 2.52 bits per heavy atom. The molecule has 23 heavy (non-hydrogen) atoms. The van der Waals surface area contributed by atoms with Crippen molar-refractivity contribution in [3.63, 3.8) is 0 Å².